The van der Waals surface area contributed by atoms with Crippen LogP contribution in [0.5, 0.6) is 0 Å². The summed E-state index contributed by atoms with van der Waals surface area (Å²) in [5.74, 6) is 0.366. The Morgan fingerprint density at radius 2 is 2.42 bits per heavy atom. The Balaban J connectivity index is 2.87. The highest BCUT2D eigenvalue weighted by atomic mass is 16.1. The quantitative estimate of drug-likeness (QED) is 0.561. The first-order valence-electron chi connectivity index (χ1n) is 3.42. The fraction of sp³-hybridized carbons (Fsp3) is 0.143. The normalized spacial score (nSPS) is 10.4. The zero-order valence-electron chi connectivity index (χ0n) is 6.43. The van der Waals surface area contributed by atoms with Gasteiger partial charge in [0.25, 0.3) is 0 Å². The monoisotopic (exact) mass is 162 g/mol. The SMILES string of the molecule is Cn1c(C=O)nc2ccnnc21. The molecule has 60 valence electrons. The lowest BCUT2D eigenvalue weighted by Crippen LogP contribution is -1.96. The fourth-order valence-corrected chi connectivity index (χ4v) is 1.06. The van der Waals surface area contributed by atoms with Crippen LogP contribution in [0.3, 0.4) is 0 Å². The van der Waals surface area contributed by atoms with Crippen LogP contribution in [0.25, 0.3) is 11.2 Å². The molecule has 0 saturated heterocycles. The second-order valence-electron chi connectivity index (χ2n) is 2.39. The highest BCUT2D eigenvalue weighted by Crippen LogP contribution is 2.08. The van der Waals surface area contributed by atoms with Gasteiger partial charge < -0.3 is 4.57 Å². The van der Waals surface area contributed by atoms with Crippen molar-refractivity contribution in [3.8, 4) is 0 Å². The lowest BCUT2D eigenvalue weighted by molar-refractivity contribution is 0.111. The van der Waals surface area contributed by atoms with E-state index in [2.05, 4.69) is 15.2 Å². The van der Waals surface area contributed by atoms with Crippen LogP contribution in [-0.4, -0.2) is 26.0 Å². The molecule has 2 aromatic rings. The second kappa shape index (κ2) is 2.37. The summed E-state index contributed by atoms with van der Waals surface area (Å²) in [7, 11) is 1.73. The average Bonchev–Trinajstić information content (AvgIpc) is 2.44. The molecule has 5 heteroatoms. The Morgan fingerprint density at radius 3 is 3.08 bits per heavy atom. The third-order valence-electron chi connectivity index (χ3n) is 1.68. The van der Waals surface area contributed by atoms with Crippen LogP contribution < -0.4 is 0 Å². The molecule has 0 aliphatic carbocycles. The minimum absolute atomic E-state index is 0.366. The number of nitrogens with zero attached hydrogens (tertiary/aromatic N) is 4. The number of fused-ring (bicyclic) bond motifs is 1. The molecule has 0 unspecified atom stereocenters. The van der Waals surface area contributed by atoms with Gasteiger partial charge in [-0.25, -0.2) is 4.98 Å². The summed E-state index contributed by atoms with van der Waals surface area (Å²) >= 11 is 0. The maximum atomic E-state index is 10.5. The Hall–Kier alpha value is -1.78. The molecule has 0 aliphatic rings. The number of carbonyl (C=O) groups is 1. The summed E-state index contributed by atoms with van der Waals surface area (Å²) in [5, 5.41) is 7.54. The van der Waals surface area contributed by atoms with Crippen molar-refractivity contribution in [3.63, 3.8) is 0 Å². The van der Waals surface area contributed by atoms with E-state index in [0.717, 1.165) is 0 Å². The number of carbonyl (C=O) groups excluding carboxylic acids is 1. The smallest absolute Gasteiger partial charge is 0.185 e. The summed E-state index contributed by atoms with van der Waals surface area (Å²) in [6.07, 6.45) is 2.24. The number of aromatic nitrogens is 4. The van der Waals surface area contributed by atoms with Gasteiger partial charge in [-0.15, -0.1) is 5.10 Å². The Kier molecular flexibility index (Phi) is 1.36. The Labute approximate surface area is 68.1 Å². The minimum atomic E-state index is 0.366. The summed E-state index contributed by atoms with van der Waals surface area (Å²) in [5.41, 5.74) is 1.31. The molecule has 0 amide bonds. The summed E-state index contributed by atoms with van der Waals surface area (Å²) in [6.45, 7) is 0. The van der Waals surface area contributed by atoms with E-state index in [4.69, 9.17) is 0 Å². The van der Waals surface area contributed by atoms with Gasteiger partial charge in [-0.1, -0.05) is 0 Å². The maximum absolute atomic E-state index is 10.5. The molecule has 2 rings (SSSR count). The van der Waals surface area contributed by atoms with Gasteiger partial charge in [0.05, 0.1) is 6.20 Å². The van der Waals surface area contributed by atoms with Crippen LogP contribution in [0.15, 0.2) is 12.3 Å². The maximum Gasteiger partial charge on any atom is 0.185 e. The molecule has 2 aromatic heterocycles. The van der Waals surface area contributed by atoms with E-state index >= 15 is 0 Å². The second-order valence-corrected chi connectivity index (χ2v) is 2.39. The number of aryl methyl sites for hydroxylation is 1. The highest BCUT2D eigenvalue weighted by molar-refractivity contribution is 5.79. The molecule has 5 nitrogen and oxygen atoms in total. The van der Waals surface area contributed by atoms with Gasteiger partial charge in [0, 0.05) is 7.05 Å². The van der Waals surface area contributed by atoms with Crippen LogP contribution in [-0.2, 0) is 7.05 Å². The fourth-order valence-electron chi connectivity index (χ4n) is 1.06. The van der Waals surface area contributed by atoms with Crippen LogP contribution in [0, 0.1) is 0 Å². The van der Waals surface area contributed by atoms with Gasteiger partial charge in [-0.3, -0.25) is 4.79 Å². The molecular formula is C7H6N4O. The van der Waals surface area contributed by atoms with Crippen LogP contribution >= 0.6 is 0 Å². The lowest BCUT2D eigenvalue weighted by Gasteiger charge is -1.91. The molecule has 2 heterocycles. The third-order valence-corrected chi connectivity index (χ3v) is 1.68. The topological polar surface area (TPSA) is 60.7 Å². The molecule has 0 fully saturated rings. The van der Waals surface area contributed by atoms with Gasteiger partial charge in [0.1, 0.15) is 5.52 Å². The van der Waals surface area contributed by atoms with E-state index in [0.29, 0.717) is 23.3 Å². The third kappa shape index (κ3) is 0.795. The van der Waals surface area contributed by atoms with E-state index in [1.807, 2.05) is 0 Å². The van der Waals surface area contributed by atoms with Gasteiger partial charge in [-0.2, -0.15) is 5.10 Å². The Bertz CT molecular complexity index is 434. The molecule has 0 spiro atoms. The molecule has 0 aromatic carbocycles. The molecule has 0 bridgehead atoms. The van der Waals surface area contributed by atoms with Gasteiger partial charge in [-0.05, 0) is 6.07 Å². The zero-order chi connectivity index (χ0) is 8.55. The van der Waals surface area contributed by atoms with Crippen molar-refractivity contribution in [3.05, 3.63) is 18.1 Å². The molecule has 0 aliphatic heterocycles. The average molecular weight is 162 g/mol. The Morgan fingerprint density at radius 1 is 1.58 bits per heavy atom. The largest absolute Gasteiger partial charge is 0.308 e. The van der Waals surface area contributed by atoms with Gasteiger partial charge in [0.15, 0.2) is 17.8 Å². The van der Waals surface area contributed by atoms with E-state index in [-0.39, 0.29) is 0 Å². The molecule has 0 saturated carbocycles. The lowest BCUT2D eigenvalue weighted by atomic mass is 10.5. The van der Waals surface area contributed by atoms with Crippen molar-refractivity contribution in [1.29, 1.82) is 0 Å². The van der Waals surface area contributed by atoms with Crippen LogP contribution in [0.4, 0.5) is 0 Å². The van der Waals surface area contributed by atoms with Crippen molar-refractivity contribution < 1.29 is 4.79 Å². The van der Waals surface area contributed by atoms with E-state index in [1.54, 1.807) is 23.9 Å². The first-order chi connectivity index (χ1) is 5.83. The molecule has 0 atom stereocenters. The number of rotatable bonds is 1. The first-order valence-corrected chi connectivity index (χ1v) is 3.42. The molecular weight excluding hydrogens is 156 g/mol. The van der Waals surface area contributed by atoms with Crippen molar-refractivity contribution in [2.24, 2.45) is 7.05 Å². The van der Waals surface area contributed by atoms with Crippen molar-refractivity contribution >= 4 is 17.5 Å². The van der Waals surface area contributed by atoms with Crippen LogP contribution in [0.2, 0.25) is 0 Å². The van der Waals surface area contributed by atoms with E-state index in [1.165, 1.54) is 0 Å². The molecule has 12 heavy (non-hydrogen) atoms. The standard InChI is InChI=1S/C7H6N4O/c1-11-6(4-12)9-5-2-3-8-10-7(5)11/h2-4H,1H3. The summed E-state index contributed by atoms with van der Waals surface area (Å²) in [4.78, 5) is 14.5. The highest BCUT2D eigenvalue weighted by Gasteiger charge is 2.06. The van der Waals surface area contributed by atoms with Crippen molar-refractivity contribution in [2.75, 3.05) is 0 Å². The van der Waals surface area contributed by atoms with Gasteiger partial charge in [0.2, 0.25) is 0 Å². The van der Waals surface area contributed by atoms with E-state index < -0.39 is 0 Å². The number of aldehydes is 1. The first kappa shape index (κ1) is 6.90. The predicted octanol–water partition coefficient (Wildman–Crippen LogP) is 0.176. The summed E-state index contributed by atoms with van der Waals surface area (Å²) in [6, 6.07) is 1.72. The number of imidazole rings is 1. The molecule has 0 radical (unpaired) electrons. The number of hydrogen-bond acceptors (Lipinski definition) is 4. The minimum Gasteiger partial charge on any atom is -0.308 e. The summed E-state index contributed by atoms with van der Waals surface area (Å²) < 4.78 is 1.61. The zero-order valence-corrected chi connectivity index (χ0v) is 6.43. The van der Waals surface area contributed by atoms with E-state index in [9.17, 15) is 4.79 Å². The molecule has 0 N–H and O–H groups in total. The van der Waals surface area contributed by atoms with Gasteiger partial charge >= 0.3 is 0 Å². The number of hydrogen-bond donors (Lipinski definition) is 0. The van der Waals surface area contributed by atoms with Crippen molar-refractivity contribution in [2.45, 2.75) is 0 Å². The van der Waals surface area contributed by atoms with Crippen molar-refractivity contribution in [1.82, 2.24) is 19.7 Å². The van der Waals surface area contributed by atoms with Crippen LogP contribution in [0.1, 0.15) is 10.6 Å². The predicted molar refractivity (Wildman–Crippen MR) is 41.7 cm³/mol.